The van der Waals surface area contributed by atoms with Crippen LogP contribution in [0.25, 0.3) is 0 Å². The Labute approximate surface area is 242 Å². The molecule has 3 nitrogen and oxygen atoms in total. The first kappa shape index (κ1) is 31.0. The minimum absolute atomic E-state index is 0.127. The lowest BCUT2D eigenvalue weighted by Crippen LogP contribution is -2.50. The Kier molecular flexibility index (Phi) is 8.30. The molecular weight excluding hydrogens is 474 g/mol. The minimum atomic E-state index is 0.127. The molecule has 3 heterocycles. The molecule has 3 atom stereocenters. The highest BCUT2D eigenvalue weighted by Crippen LogP contribution is 2.46. The van der Waals surface area contributed by atoms with Gasteiger partial charge in [0.15, 0.2) is 0 Å². The zero-order valence-corrected chi connectivity index (χ0v) is 27.8. The Hall–Kier alpha value is -0.900. The second-order valence-corrected chi connectivity index (χ2v) is 17.9. The normalized spacial score (nSPS) is 33.4. The molecular formula is C36H63N3. The summed E-state index contributed by atoms with van der Waals surface area (Å²) in [7, 11) is 0. The van der Waals surface area contributed by atoms with Crippen molar-refractivity contribution in [2.75, 3.05) is 0 Å². The molecule has 3 aliphatic rings. The maximum atomic E-state index is 4.01. The summed E-state index contributed by atoms with van der Waals surface area (Å²) in [6, 6.07) is 7.85. The van der Waals surface area contributed by atoms with E-state index in [0.717, 1.165) is 0 Å². The van der Waals surface area contributed by atoms with Crippen LogP contribution in [0.15, 0.2) is 18.2 Å². The molecule has 1 aromatic rings. The lowest BCUT2D eigenvalue weighted by Gasteiger charge is -2.36. The predicted molar refractivity (Wildman–Crippen MR) is 170 cm³/mol. The lowest BCUT2D eigenvalue weighted by atomic mass is 9.74. The highest BCUT2D eigenvalue weighted by Gasteiger charge is 2.40. The molecule has 0 aromatic heterocycles. The van der Waals surface area contributed by atoms with E-state index in [1.54, 1.807) is 16.7 Å². The Morgan fingerprint density at radius 3 is 1.26 bits per heavy atom. The van der Waals surface area contributed by atoms with Crippen LogP contribution in [0.1, 0.15) is 175 Å². The highest BCUT2D eigenvalue weighted by molar-refractivity contribution is 5.40. The van der Waals surface area contributed by atoms with Crippen molar-refractivity contribution in [2.45, 2.75) is 192 Å². The lowest BCUT2D eigenvalue weighted by molar-refractivity contribution is 0.265. The van der Waals surface area contributed by atoms with Crippen molar-refractivity contribution in [1.29, 1.82) is 0 Å². The van der Waals surface area contributed by atoms with Gasteiger partial charge in [-0.2, -0.15) is 0 Å². The molecule has 0 radical (unpaired) electrons. The summed E-state index contributed by atoms with van der Waals surface area (Å²) in [4.78, 5) is 0. The predicted octanol–water partition coefficient (Wildman–Crippen LogP) is 8.93. The molecule has 3 fully saturated rings. The van der Waals surface area contributed by atoms with Gasteiger partial charge in [0.2, 0.25) is 0 Å². The number of rotatable bonds is 3. The van der Waals surface area contributed by atoms with E-state index in [0.29, 0.717) is 17.8 Å². The van der Waals surface area contributed by atoms with Crippen LogP contribution in [-0.2, 0) is 0 Å². The molecule has 1 aromatic carbocycles. The Balaban J connectivity index is 1.77. The van der Waals surface area contributed by atoms with Crippen molar-refractivity contribution in [1.82, 2.24) is 16.0 Å². The summed E-state index contributed by atoms with van der Waals surface area (Å²) in [5.74, 6) is 1.82. The van der Waals surface area contributed by atoms with Gasteiger partial charge in [0, 0.05) is 33.2 Å². The zero-order valence-electron chi connectivity index (χ0n) is 27.8. The van der Waals surface area contributed by atoms with E-state index in [9.17, 15) is 0 Å². The molecule has 222 valence electrons. The molecule has 3 aliphatic heterocycles. The van der Waals surface area contributed by atoms with Crippen molar-refractivity contribution < 1.29 is 0 Å². The first-order chi connectivity index (χ1) is 17.7. The van der Waals surface area contributed by atoms with Gasteiger partial charge >= 0.3 is 0 Å². The first-order valence-electron chi connectivity index (χ1n) is 16.2. The number of benzene rings is 1. The van der Waals surface area contributed by atoms with Crippen molar-refractivity contribution in [3.05, 3.63) is 34.9 Å². The number of nitrogens with one attached hydrogen (secondary N) is 3. The van der Waals surface area contributed by atoms with E-state index < -0.39 is 0 Å². The van der Waals surface area contributed by atoms with Gasteiger partial charge in [-0.25, -0.2) is 0 Å². The SMILES string of the molecule is CC1(C)CCC(c2ccc(C3CCC(C)(C)NC(C)(C)C3)c(C3CCC(C)(C)NC(C)(C)C3)c2)CC(C)(C)N1. The van der Waals surface area contributed by atoms with Gasteiger partial charge in [0.05, 0.1) is 0 Å². The molecule has 0 aliphatic carbocycles. The quantitative estimate of drug-likeness (QED) is 0.360. The highest BCUT2D eigenvalue weighted by atomic mass is 15.0. The topological polar surface area (TPSA) is 36.1 Å². The van der Waals surface area contributed by atoms with E-state index in [-0.39, 0.29) is 33.2 Å². The molecule has 0 spiro atoms. The van der Waals surface area contributed by atoms with Crippen LogP contribution in [-0.4, -0.2) is 33.2 Å². The fraction of sp³-hybridized carbons (Fsp3) is 0.833. The summed E-state index contributed by atoms with van der Waals surface area (Å²) in [6.45, 7) is 28.9. The second kappa shape index (κ2) is 10.4. The second-order valence-electron chi connectivity index (χ2n) is 17.9. The van der Waals surface area contributed by atoms with Crippen LogP contribution in [0.5, 0.6) is 0 Å². The van der Waals surface area contributed by atoms with Crippen molar-refractivity contribution in [3.8, 4) is 0 Å². The van der Waals surface area contributed by atoms with Crippen molar-refractivity contribution in [3.63, 3.8) is 0 Å². The Morgan fingerprint density at radius 1 is 0.462 bits per heavy atom. The van der Waals surface area contributed by atoms with Crippen LogP contribution in [0, 0.1) is 0 Å². The molecule has 3 saturated heterocycles. The minimum Gasteiger partial charge on any atom is -0.307 e. The Morgan fingerprint density at radius 2 is 0.821 bits per heavy atom. The third-order valence-electron chi connectivity index (χ3n) is 10.1. The molecule has 3 unspecified atom stereocenters. The zero-order chi connectivity index (χ0) is 29.1. The van der Waals surface area contributed by atoms with Crippen LogP contribution >= 0.6 is 0 Å². The van der Waals surface area contributed by atoms with E-state index in [1.807, 2.05) is 0 Å². The smallest absolute Gasteiger partial charge is 0.0135 e. The van der Waals surface area contributed by atoms with Crippen LogP contribution < -0.4 is 16.0 Å². The van der Waals surface area contributed by atoms with Crippen molar-refractivity contribution >= 4 is 0 Å². The Bertz CT molecular complexity index is 1010. The van der Waals surface area contributed by atoms with Crippen LogP contribution in [0.3, 0.4) is 0 Å². The molecule has 0 saturated carbocycles. The van der Waals surface area contributed by atoms with Gasteiger partial charge in [-0.1, -0.05) is 18.2 Å². The van der Waals surface area contributed by atoms with Gasteiger partial charge in [0.25, 0.3) is 0 Å². The maximum Gasteiger partial charge on any atom is 0.0135 e. The molecule has 3 heteroatoms. The molecule has 39 heavy (non-hydrogen) atoms. The van der Waals surface area contributed by atoms with Gasteiger partial charge in [0.1, 0.15) is 0 Å². The van der Waals surface area contributed by atoms with Gasteiger partial charge in [-0.3, -0.25) is 0 Å². The largest absolute Gasteiger partial charge is 0.307 e. The third-order valence-corrected chi connectivity index (χ3v) is 10.1. The third kappa shape index (κ3) is 8.10. The molecule has 4 rings (SSSR count). The number of hydrogen-bond acceptors (Lipinski definition) is 3. The molecule has 0 amide bonds. The van der Waals surface area contributed by atoms with Gasteiger partial charge in [-0.15, -0.1) is 0 Å². The standard InChI is InChI=1S/C36H63N3/c1-31(2)18-15-26(22-34(7,8)37-31)25-13-14-29(27-16-19-32(3,4)38-35(9,10)23-27)30(21-25)28-17-20-33(5,6)39-36(11,12)24-28/h13-14,21,26-28,37-39H,15-20,22-24H2,1-12H3. The summed E-state index contributed by atoms with van der Waals surface area (Å²) in [6.07, 6.45) is 11.1. The molecule has 0 bridgehead atoms. The van der Waals surface area contributed by atoms with Crippen LogP contribution in [0.2, 0.25) is 0 Å². The average Bonchev–Trinajstić information content (AvgIpc) is 2.99. The monoisotopic (exact) mass is 538 g/mol. The van der Waals surface area contributed by atoms with E-state index >= 15 is 0 Å². The van der Waals surface area contributed by atoms with E-state index in [4.69, 9.17) is 0 Å². The average molecular weight is 538 g/mol. The van der Waals surface area contributed by atoms with E-state index in [2.05, 4.69) is 117 Å². The fourth-order valence-electron chi connectivity index (χ4n) is 9.24. The number of hydrogen-bond donors (Lipinski definition) is 3. The van der Waals surface area contributed by atoms with Gasteiger partial charge in [-0.05, 0) is 175 Å². The summed E-state index contributed by atoms with van der Waals surface area (Å²) < 4.78 is 0. The summed E-state index contributed by atoms with van der Waals surface area (Å²) >= 11 is 0. The summed E-state index contributed by atoms with van der Waals surface area (Å²) in [5.41, 5.74) is 5.87. The van der Waals surface area contributed by atoms with Crippen LogP contribution in [0.4, 0.5) is 0 Å². The first-order valence-corrected chi connectivity index (χ1v) is 16.2. The summed E-state index contributed by atoms with van der Waals surface area (Å²) in [5, 5.41) is 12.0. The molecule has 3 N–H and O–H groups in total. The fourth-order valence-corrected chi connectivity index (χ4v) is 9.24. The van der Waals surface area contributed by atoms with Gasteiger partial charge < -0.3 is 16.0 Å². The van der Waals surface area contributed by atoms with Crippen molar-refractivity contribution in [2.24, 2.45) is 0 Å². The maximum absolute atomic E-state index is 4.01. The van der Waals surface area contributed by atoms with E-state index in [1.165, 1.54) is 57.8 Å².